The molecule has 18 heavy (non-hydrogen) atoms. The van der Waals surface area contributed by atoms with E-state index in [4.69, 9.17) is 5.26 Å². The fraction of sp³-hybridized carbons (Fsp3) is 0.462. The standard InChI is InChI=1S/C13H15F3N2/c1-10(18-9-3-2-8-17)11-4-6-12(7-5-11)13(14,15)16/h4-7,10,18H,2-3,9H2,1H3/t10-/m1/s1. The molecule has 0 heterocycles. The lowest BCUT2D eigenvalue weighted by molar-refractivity contribution is -0.137. The Morgan fingerprint density at radius 2 is 1.89 bits per heavy atom. The van der Waals surface area contributed by atoms with E-state index in [0.717, 1.165) is 24.1 Å². The monoisotopic (exact) mass is 256 g/mol. The average molecular weight is 256 g/mol. The molecule has 1 rings (SSSR count). The maximum Gasteiger partial charge on any atom is 0.416 e. The molecule has 0 amide bonds. The lowest BCUT2D eigenvalue weighted by Crippen LogP contribution is -2.19. The molecule has 2 nitrogen and oxygen atoms in total. The molecule has 0 aliphatic heterocycles. The summed E-state index contributed by atoms with van der Waals surface area (Å²) >= 11 is 0. The summed E-state index contributed by atoms with van der Waals surface area (Å²) in [5.41, 5.74) is 0.169. The summed E-state index contributed by atoms with van der Waals surface area (Å²) in [6.45, 7) is 2.56. The summed E-state index contributed by atoms with van der Waals surface area (Å²) in [6.07, 6.45) is -3.07. The molecule has 1 N–H and O–H groups in total. The number of hydrogen-bond donors (Lipinski definition) is 1. The van der Waals surface area contributed by atoms with E-state index in [0.29, 0.717) is 13.0 Å². The zero-order valence-corrected chi connectivity index (χ0v) is 10.1. The second kappa shape index (κ2) is 6.41. The Bertz CT molecular complexity index is 404. The topological polar surface area (TPSA) is 35.8 Å². The number of nitrogens with one attached hydrogen (secondary N) is 1. The Morgan fingerprint density at radius 3 is 2.39 bits per heavy atom. The van der Waals surface area contributed by atoms with Crippen LogP contribution in [-0.2, 0) is 6.18 Å². The fourth-order valence-electron chi connectivity index (χ4n) is 1.56. The van der Waals surface area contributed by atoms with Crippen LogP contribution in [-0.4, -0.2) is 6.54 Å². The highest BCUT2D eigenvalue weighted by Gasteiger charge is 2.30. The van der Waals surface area contributed by atoms with Crippen molar-refractivity contribution in [1.29, 1.82) is 5.26 Å². The zero-order valence-electron chi connectivity index (χ0n) is 10.1. The minimum Gasteiger partial charge on any atom is -0.310 e. The molecule has 0 radical (unpaired) electrons. The van der Waals surface area contributed by atoms with E-state index in [1.165, 1.54) is 12.1 Å². The second-order valence-corrected chi connectivity index (χ2v) is 4.06. The van der Waals surface area contributed by atoms with Crippen LogP contribution in [0.2, 0.25) is 0 Å². The molecule has 1 atom stereocenters. The van der Waals surface area contributed by atoms with Crippen molar-refractivity contribution in [3.63, 3.8) is 0 Å². The van der Waals surface area contributed by atoms with Crippen LogP contribution in [0.25, 0.3) is 0 Å². The Balaban J connectivity index is 2.54. The summed E-state index contributed by atoms with van der Waals surface area (Å²) in [7, 11) is 0. The quantitative estimate of drug-likeness (QED) is 0.816. The normalized spacial score (nSPS) is 13.1. The first-order valence-corrected chi connectivity index (χ1v) is 5.72. The van der Waals surface area contributed by atoms with Crippen LogP contribution in [0.4, 0.5) is 13.2 Å². The number of nitriles is 1. The van der Waals surface area contributed by atoms with E-state index < -0.39 is 11.7 Å². The average Bonchev–Trinajstić information content (AvgIpc) is 2.33. The van der Waals surface area contributed by atoms with Gasteiger partial charge in [0.15, 0.2) is 0 Å². The first-order chi connectivity index (χ1) is 8.45. The van der Waals surface area contributed by atoms with Crippen molar-refractivity contribution in [2.24, 2.45) is 0 Å². The highest BCUT2D eigenvalue weighted by Crippen LogP contribution is 2.29. The first-order valence-electron chi connectivity index (χ1n) is 5.72. The fourth-order valence-corrected chi connectivity index (χ4v) is 1.56. The van der Waals surface area contributed by atoms with Gasteiger partial charge in [-0.05, 0) is 37.6 Å². The van der Waals surface area contributed by atoms with Crippen LogP contribution in [0.3, 0.4) is 0 Å². The summed E-state index contributed by atoms with van der Waals surface area (Å²) < 4.78 is 37.1. The van der Waals surface area contributed by atoms with Gasteiger partial charge in [0.2, 0.25) is 0 Å². The number of unbranched alkanes of at least 4 members (excludes halogenated alkanes) is 1. The molecule has 0 saturated heterocycles. The molecule has 0 bridgehead atoms. The Hall–Kier alpha value is -1.54. The van der Waals surface area contributed by atoms with Crippen molar-refractivity contribution in [2.45, 2.75) is 32.0 Å². The maximum absolute atomic E-state index is 12.4. The van der Waals surface area contributed by atoms with Crippen LogP contribution in [0, 0.1) is 11.3 Å². The number of alkyl halides is 3. The highest BCUT2D eigenvalue weighted by atomic mass is 19.4. The number of benzene rings is 1. The predicted octanol–water partition coefficient (Wildman–Crippen LogP) is 3.66. The summed E-state index contributed by atoms with van der Waals surface area (Å²) in [6, 6.07) is 7.14. The van der Waals surface area contributed by atoms with Gasteiger partial charge >= 0.3 is 6.18 Å². The Labute approximate surface area is 104 Å². The van der Waals surface area contributed by atoms with E-state index in [1.54, 1.807) is 0 Å². The molecule has 98 valence electrons. The van der Waals surface area contributed by atoms with E-state index >= 15 is 0 Å². The van der Waals surface area contributed by atoms with Crippen LogP contribution < -0.4 is 5.32 Å². The van der Waals surface area contributed by atoms with E-state index in [1.807, 2.05) is 13.0 Å². The molecule has 1 aromatic rings. The third-order valence-corrected chi connectivity index (χ3v) is 2.65. The molecule has 0 aromatic heterocycles. The molecule has 0 spiro atoms. The van der Waals surface area contributed by atoms with Gasteiger partial charge in [-0.15, -0.1) is 0 Å². The largest absolute Gasteiger partial charge is 0.416 e. The summed E-state index contributed by atoms with van der Waals surface area (Å²) in [5, 5.41) is 11.5. The van der Waals surface area contributed by atoms with Crippen molar-refractivity contribution < 1.29 is 13.2 Å². The number of rotatable bonds is 5. The van der Waals surface area contributed by atoms with Gasteiger partial charge in [0.05, 0.1) is 11.6 Å². The van der Waals surface area contributed by atoms with Gasteiger partial charge in [0.1, 0.15) is 0 Å². The van der Waals surface area contributed by atoms with Gasteiger partial charge in [-0.3, -0.25) is 0 Å². The van der Waals surface area contributed by atoms with Gasteiger partial charge in [-0.25, -0.2) is 0 Å². The van der Waals surface area contributed by atoms with Crippen LogP contribution >= 0.6 is 0 Å². The molecule has 0 saturated carbocycles. The van der Waals surface area contributed by atoms with Crippen LogP contribution in [0.5, 0.6) is 0 Å². The molecule has 0 unspecified atom stereocenters. The predicted molar refractivity (Wildman–Crippen MR) is 62.7 cm³/mol. The maximum atomic E-state index is 12.4. The lowest BCUT2D eigenvalue weighted by atomic mass is 10.1. The molecular weight excluding hydrogens is 241 g/mol. The number of halogens is 3. The van der Waals surface area contributed by atoms with Crippen molar-refractivity contribution in [1.82, 2.24) is 5.32 Å². The summed E-state index contributed by atoms with van der Waals surface area (Å²) in [5.74, 6) is 0. The molecular formula is C13H15F3N2. The van der Waals surface area contributed by atoms with Crippen molar-refractivity contribution in [2.75, 3.05) is 6.54 Å². The minimum atomic E-state index is -4.29. The second-order valence-electron chi connectivity index (χ2n) is 4.06. The molecule has 1 aromatic carbocycles. The van der Waals surface area contributed by atoms with Gasteiger partial charge in [-0.1, -0.05) is 12.1 Å². The number of hydrogen-bond acceptors (Lipinski definition) is 2. The number of nitrogens with zero attached hydrogens (tertiary/aromatic N) is 1. The first kappa shape index (κ1) is 14.5. The summed E-state index contributed by atoms with van der Waals surface area (Å²) in [4.78, 5) is 0. The highest BCUT2D eigenvalue weighted by molar-refractivity contribution is 5.26. The SMILES string of the molecule is C[C@@H](NCCCC#N)c1ccc(C(F)(F)F)cc1. The van der Waals surface area contributed by atoms with Crippen molar-refractivity contribution >= 4 is 0 Å². The van der Waals surface area contributed by atoms with Crippen LogP contribution in [0.1, 0.15) is 36.9 Å². The Kier molecular flexibility index (Phi) is 5.17. The van der Waals surface area contributed by atoms with Gasteiger partial charge in [0.25, 0.3) is 0 Å². The van der Waals surface area contributed by atoms with E-state index in [2.05, 4.69) is 5.32 Å². The third-order valence-electron chi connectivity index (χ3n) is 2.65. The van der Waals surface area contributed by atoms with Gasteiger partial charge < -0.3 is 5.32 Å². The molecule has 0 aliphatic rings. The molecule has 5 heteroatoms. The minimum absolute atomic E-state index is 0.0222. The van der Waals surface area contributed by atoms with Gasteiger partial charge in [-0.2, -0.15) is 18.4 Å². The van der Waals surface area contributed by atoms with Crippen molar-refractivity contribution in [3.05, 3.63) is 35.4 Å². The van der Waals surface area contributed by atoms with Crippen LogP contribution in [0.15, 0.2) is 24.3 Å². The molecule has 0 aliphatic carbocycles. The van der Waals surface area contributed by atoms with Gasteiger partial charge in [0, 0.05) is 12.5 Å². The van der Waals surface area contributed by atoms with E-state index in [9.17, 15) is 13.2 Å². The van der Waals surface area contributed by atoms with Crippen molar-refractivity contribution in [3.8, 4) is 6.07 Å². The zero-order chi connectivity index (χ0) is 13.6. The molecule has 0 fully saturated rings. The smallest absolute Gasteiger partial charge is 0.310 e. The van der Waals surface area contributed by atoms with E-state index in [-0.39, 0.29) is 6.04 Å². The Morgan fingerprint density at radius 1 is 1.28 bits per heavy atom. The lowest BCUT2D eigenvalue weighted by Gasteiger charge is -2.15. The third kappa shape index (κ3) is 4.38.